The van der Waals surface area contributed by atoms with Gasteiger partial charge in [0.15, 0.2) is 0 Å². The standard InChI is InChI=1S/C17H25NO.C10H13NO2S.2C2H6.C2H2/c1-5-6-7-16-9-8-15(12-14(16)2)13-17(3,4)18-10-11-19;12-14(13,11-8-4-5-9-11)10-6-2-1-3-7-10;3*1-2/h5-9,12,18-19H,1,10-11,13H2,2-4H3;1-3,6-7H,4-5,8-9H2;2*1-2H3;1-2H/b7-6-;;;;. The molecule has 0 saturated carbocycles. The van der Waals surface area contributed by atoms with Crippen molar-refractivity contribution in [3.63, 3.8) is 0 Å². The monoisotopic (exact) mass is 556 g/mol. The quantitative estimate of drug-likeness (QED) is 0.261. The number of benzene rings is 2. The third kappa shape index (κ3) is 14.9. The molecular weight excluding hydrogens is 504 g/mol. The summed E-state index contributed by atoms with van der Waals surface area (Å²) in [5.74, 6) is 0. The van der Waals surface area contributed by atoms with Gasteiger partial charge in [-0.2, -0.15) is 4.31 Å². The number of allylic oxidation sites excluding steroid dienone is 2. The van der Waals surface area contributed by atoms with Gasteiger partial charge in [0.05, 0.1) is 11.5 Å². The highest BCUT2D eigenvalue weighted by atomic mass is 32.2. The molecule has 1 heterocycles. The molecule has 0 bridgehead atoms. The van der Waals surface area contributed by atoms with E-state index in [0.29, 0.717) is 24.5 Å². The molecule has 0 spiro atoms. The summed E-state index contributed by atoms with van der Waals surface area (Å²) >= 11 is 0. The number of terminal acetylenes is 1. The summed E-state index contributed by atoms with van der Waals surface area (Å²) in [6.45, 7) is 20.3. The van der Waals surface area contributed by atoms with Gasteiger partial charge >= 0.3 is 0 Å². The van der Waals surface area contributed by atoms with E-state index in [1.54, 1.807) is 34.6 Å². The second kappa shape index (κ2) is 22.2. The lowest BCUT2D eigenvalue weighted by molar-refractivity contribution is 0.265. The van der Waals surface area contributed by atoms with Gasteiger partial charge in [-0.1, -0.05) is 88.9 Å². The Labute approximate surface area is 240 Å². The van der Waals surface area contributed by atoms with Crippen LogP contribution in [0.15, 0.2) is 72.2 Å². The van der Waals surface area contributed by atoms with Crippen molar-refractivity contribution in [2.45, 2.75) is 78.2 Å². The molecule has 2 aromatic carbocycles. The fraction of sp³-hybridized carbons (Fsp3) is 0.455. The molecule has 218 valence electrons. The topological polar surface area (TPSA) is 69.6 Å². The second-order valence-electron chi connectivity index (χ2n) is 8.92. The SMILES string of the molecule is C#C.C=C/C=C\c1ccc(CC(C)(C)NCCO)cc1C.CC.CC.O=S(=O)(c1ccccc1)N1CCCC1. The van der Waals surface area contributed by atoms with Crippen molar-refractivity contribution >= 4 is 16.1 Å². The molecule has 2 N–H and O–H groups in total. The zero-order valence-electron chi connectivity index (χ0n) is 25.3. The summed E-state index contributed by atoms with van der Waals surface area (Å²) in [5.41, 5.74) is 3.80. The molecule has 0 radical (unpaired) electrons. The van der Waals surface area contributed by atoms with Crippen LogP contribution in [0.2, 0.25) is 0 Å². The van der Waals surface area contributed by atoms with Crippen LogP contribution in [0.25, 0.3) is 6.08 Å². The number of rotatable bonds is 9. The third-order valence-corrected chi connectivity index (χ3v) is 7.47. The number of aryl methyl sites for hydroxylation is 1. The van der Waals surface area contributed by atoms with Crippen molar-refractivity contribution in [3.05, 3.63) is 84.0 Å². The predicted octanol–water partition coefficient (Wildman–Crippen LogP) is 6.87. The molecule has 39 heavy (non-hydrogen) atoms. The van der Waals surface area contributed by atoms with Crippen LogP contribution in [0, 0.1) is 19.8 Å². The minimum Gasteiger partial charge on any atom is -0.395 e. The molecule has 3 rings (SSSR count). The van der Waals surface area contributed by atoms with E-state index in [1.807, 2.05) is 39.8 Å². The summed E-state index contributed by atoms with van der Waals surface area (Å²) in [6.07, 6.45) is 16.7. The van der Waals surface area contributed by atoms with Crippen LogP contribution in [0.1, 0.15) is 71.1 Å². The van der Waals surface area contributed by atoms with Crippen molar-refractivity contribution in [3.8, 4) is 12.8 Å². The molecule has 0 atom stereocenters. The summed E-state index contributed by atoms with van der Waals surface area (Å²) < 4.78 is 25.5. The molecule has 1 fully saturated rings. The van der Waals surface area contributed by atoms with Crippen molar-refractivity contribution in [2.24, 2.45) is 0 Å². The van der Waals surface area contributed by atoms with Gasteiger partial charge in [-0.15, -0.1) is 12.8 Å². The van der Waals surface area contributed by atoms with Gasteiger partial charge in [0.1, 0.15) is 0 Å². The van der Waals surface area contributed by atoms with Crippen LogP contribution < -0.4 is 5.32 Å². The van der Waals surface area contributed by atoms with Crippen molar-refractivity contribution in [1.29, 1.82) is 0 Å². The zero-order chi connectivity index (χ0) is 30.3. The maximum Gasteiger partial charge on any atom is 0.243 e. The maximum atomic E-state index is 12.0. The number of hydrogen-bond donors (Lipinski definition) is 2. The molecule has 0 unspecified atom stereocenters. The van der Waals surface area contributed by atoms with Crippen molar-refractivity contribution in [1.82, 2.24) is 9.62 Å². The van der Waals surface area contributed by atoms with Gasteiger partial charge < -0.3 is 10.4 Å². The van der Waals surface area contributed by atoms with Gasteiger partial charge in [0.25, 0.3) is 0 Å². The second-order valence-corrected chi connectivity index (χ2v) is 10.9. The van der Waals surface area contributed by atoms with Crippen molar-refractivity contribution in [2.75, 3.05) is 26.2 Å². The van der Waals surface area contributed by atoms with E-state index >= 15 is 0 Å². The number of β-amino-alcohol motifs (C(OH)–C–C–N with tert-alkyl or cyclic N) is 1. The lowest BCUT2D eigenvalue weighted by atomic mass is 9.93. The third-order valence-electron chi connectivity index (χ3n) is 5.55. The summed E-state index contributed by atoms with van der Waals surface area (Å²) in [4.78, 5) is 0.405. The van der Waals surface area contributed by atoms with Crippen LogP contribution in [0.4, 0.5) is 0 Å². The fourth-order valence-corrected chi connectivity index (χ4v) is 5.38. The predicted molar refractivity (Wildman–Crippen MR) is 170 cm³/mol. The first-order valence-corrected chi connectivity index (χ1v) is 15.3. The van der Waals surface area contributed by atoms with E-state index in [1.165, 1.54) is 16.7 Å². The van der Waals surface area contributed by atoms with E-state index in [9.17, 15) is 8.42 Å². The number of nitrogens with one attached hydrogen (secondary N) is 1. The number of hydrogen-bond acceptors (Lipinski definition) is 4. The number of nitrogens with zero attached hydrogens (tertiary/aromatic N) is 1. The first kappa shape index (κ1) is 38.5. The number of sulfonamides is 1. The average molecular weight is 557 g/mol. The van der Waals surface area contributed by atoms with E-state index < -0.39 is 10.0 Å². The Hall–Kier alpha value is -2.69. The minimum atomic E-state index is -3.21. The largest absolute Gasteiger partial charge is 0.395 e. The van der Waals surface area contributed by atoms with Gasteiger partial charge in [-0.05, 0) is 68.9 Å². The molecule has 5 nitrogen and oxygen atoms in total. The van der Waals surface area contributed by atoms with E-state index in [2.05, 4.69) is 69.8 Å². The fourth-order valence-electron chi connectivity index (χ4n) is 3.84. The smallest absolute Gasteiger partial charge is 0.243 e. The molecule has 2 aromatic rings. The van der Waals surface area contributed by atoms with E-state index in [0.717, 1.165) is 19.3 Å². The van der Waals surface area contributed by atoms with Crippen LogP contribution in [0.5, 0.6) is 0 Å². The van der Waals surface area contributed by atoms with Gasteiger partial charge in [0, 0.05) is 25.2 Å². The Kier molecular flexibility index (Phi) is 21.9. The molecule has 0 aliphatic carbocycles. The molecule has 0 amide bonds. The van der Waals surface area contributed by atoms with Gasteiger partial charge in [-0.3, -0.25) is 0 Å². The number of aliphatic hydroxyl groups excluding tert-OH is 1. The van der Waals surface area contributed by atoms with E-state index in [4.69, 9.17) is 5.11 Å². The Balaban J connectivity index is 0. The van der Waals surface area contributed by atoms with Gasteiger partial charge in [-0.25, -0.2) is 8.42 Å². The Morgan fingerprint density at radius 3 is 2.08 bits per heavy atom. The zero-order valence-corrected chi connectivity index (χ0v) is 26.1. The Bertz CT molecular complexity index is 1050. The summed E-state index contributed by atoms with van der Waals surface area (Å²) in [6, 6.07) is 15.2. The normalized spacial score (nSPS) is 12.9. The highest BCUT2D eigenvalue weighted by Gasteiger charge is 2.26. The van der Waals surface area contributed by atoms with Crippen LogP contribution >= 0.6 is 0 Å². The first-order valence-electron chi connectivity index (χ1n) is 13.8. The number of aliphatic hydroxyl groups is 1. The first-order chi connectivity index (χ1) is 18.7. The van der Waals surface area contributed by atoms with Gasteiger partial charge in [0.2, 0.25) is 10.0 Å². The Morgan fingerprint density at radius 1 is 1.03 bits per heavy atom. The highest BCUT2D eigenvalue weighted by Crippen LogP contribution is 2.20. The highest BCUT2D eigenvalue weighted by molar-refractivity contribution is 7.89. The molecule has 1 saturated heterocycles. The average Bonchev–Trinajstić information content (AvgIpc) is 3.52. The molecule has 1 aliphatic rings. The van der Waals surface area contributed by atoms with Crippen molar-refractivity contribution < 1.29 is 13.5 Å². The lowest BCUT2D eigenvalue weighted by Gasteiger charge is -2.26. The van der Waals surface area contributed by atoms with Crippen LogP contribution in [0.3, 0.4) is 0 Å². The summed E-state index contributed by atoms with van der Waals surface area (Å²) in [5, 5.41) is 12.2. The van der Waals surface area contributed by atoms with E-state index in [-0.39, 0.29) is 12.1 Å². The molecular formula is C33H52N2O3S. The molecule has 0 aromatic heterocycles. The summed E-state index contributed by atoms with van der Waals surface area (Å²) in [7, 11) is -3.21. The molecule has 1 aliphatic heterocycles. The molecule has 6 heteroatoms. The maximum absolute atomic E-state index is 12.0. The lowest BCUT2D eigenvalue weighted by Crippen LogP contribution is -2.42. The Morgan fingerprint density at radius 2 is 1.59 bits per heavy atom. The van der Waals surface area contributed by atoms with Crippen LogP contribution in [-0.2, 0) is 16.4 Å². The minimum absolute atomic E-state index is 0.00631. The van der Waals surface area contributed by atoms with Crippen LogP contribution in [-0.4, -0.2) is 49.6 Å².